The SMILES string of the molecule is CC(C)(C)OC(=O)N1CCC(Nc2cc(-c3ccc(C(=O)NCCCN4CCCCC4)cc3)nc3ccncc23)C1. The molecule has 2 amide bonds. The number of amides is 2. The number of benzene rings is 1. The fourth-order valence-corrected chi connectivity index (χ4v) is 5.51. The second kappa shape index (κ2) is 12.9. The molecule has 4 heterocycles. The summed E-state index contributed by atoms with van der Waals surface area (Å²) in [6.07, 6.45) is 8.96. The normalized spacial score (nSPS) is 17.9. The van der Waals surface area contributed by atoms with E-state index in [0.717, 1.165) is 47.2 Å². The summed E-state index contributed by atoms with van der Waals surface area (Å²) in [7, 11) is 0. The summed E-state index contributed by atoms with van der Waals surface area (Å²) in [5.41, 5.74) is 3.61. The van der Waals surface area contributed by atoms with Crippen molar-refractivity contribution < 1.29 is 14.3 Å². The molecule has 0 radical (unpaired) electrons. The predicted molar refractivity (Wildman–Crippen MR) is 162 cm³/mol. The molecule has 1 atom stereocenters. The van der Waals surface area contributed by atoms with Gasteiger partial charge < -0.3 is 25.2 Å². The number of nitrogens with zero attached hydrogens (tertiary/aromatic N) is 4. The quantitative estimate of drug-likeness (QED) is 0.361. The number of rotatable bonds is 8. The lowest BCUT2D eigenvalue weighted by Gasteiger charge is -2.26. The van der Waals surface area contributed by atoms with E-state index < -0.39 is 5.60 Å². The minimum absolute atomic E-state index is 0.0501. The van der Waals surface area contributed by atoms with Gasteiger partial charge in [0.15, 0.2) is 0 Å². The average Bonchev–Trinajstić information content (AvgIpc) is 3.44. The van der Waals surface area contributed by atoms with Crippen LogP contribution in [0.25, 0.3) is 22.2 Å². The molecule has 0 bridgehead atoms. The van der Waals surface area contributed by atoms with Gasteiger partial charge in [-0.15, -0.1) is 0 Å². The minimum Gasteiger partial charge on any atom is -0.444 e. The number of nitrogens with one attached hydrogen (secondary N) is 2. The van der Waals surface area contributed by atoms with Gasteiger partial charge in [0.25, 0.3) is 5.91 Å². The molecule has 2 N–H and O–H groups in total. The highest BCUT2D eigenvalue weighted by Crippen LogP contribution is 2.30. The Morgan fingerprint density at radius 1 is 1.05 bits per heavy atom. The Morgan fingerprint density at radius 2 is 1.83 bits per heavy atom. The van der Waals surface area contributed by atoms with Gasteiger partial charge in [0.2, 0.25) is 0 Å². The maximum atomic E-state index is 12.7. The fourth-order valence-electron chi connectivity index (χ4n) is 5.51. The molecule has 2 aromatic heterocycles. The van der Waals surface area contributed by atoms with Crippen LogP contribution >= 0.6 is 0 Å². The van der Waals surface area contributed by atoms with E-state index >= 15 is 0 Å². The zero-order chi connectivity index (χ0) is 28.8. The summed E-state index contributed by atoms with van der Waals surface area (Å²) in [4.78, 5) is 38.7. The molecule has 2 aliphatic heterocycles. The number of anilines is 1. The van der Waals surface area contributed by atoms with Crippen LogP contribution in [0.4, 0.5) is 10.5 Å². The van der Waals surface area contributed by atoms with Crippen molar-refractivity contribution in [2.24, 2.45) is 0 Å². The highest BCUT2D eigenvalue weighted by Gasteiger charge is 2.30. The highest BCUT2D eigenvalue weighted by atomic mass is 16.6. The van der Waals surface area contributed by atoms with Crippen molar-refractivity contribution in [2.45, 2.75) is 64.5 Å². The van der Waals surface area contributed by atoms with Gasteiger partial charge in [-0.05, 0) is 90.4 Å². The Kier molecular flexibility index (Phi) is 9.03. The summed E-state index contributed by atoms with van der Waals surface area (Å²) in [5.74, 6) is -0.0501. The number of carbonyl (C=O) groups is 2. The van der Waals surface area contributed by atoms with Gasteiger partial charge >= 0.3 is 6.09 Å². The third kappa shape index (κ3) is 7.73. The number of piperidine rings is 1. The average molecular weight is 559 g/mol. The second-order valence-corrected chi connectivity index (χ2v) is 12.1. The molecule has 0 spiro atoms. The molecule has 5 rings (SSSR count). The van der Waals surface area contributed by atoms with Gasteiger partial charge in [-0.25, -0.2) is 9.78 Å². The van der Waals surface area contributed by atoms with Crippen molar-refractivity contribution >= 4 is 28.6 Å². The predicted octanol–water partition coefficient (Wildman–Crippen LogP) is 5.32. The Bertz CT molecular complexity index is 1350. The van der Waals surface area contributed by atoms with Crippen LogP contribution in [-0.4, -0.2) is 82.7 Å². The maximum Gasteiger partial charge on any atom is 0.410 e. The number of ether oxygens (including phenoxy) is 1. The molecule has 2 fully saturated rings. The van der Waals surface area contributed by atoms with E-state index in [1.165, 1.54) is 32.4 Å². The summed E-state index contributed by atoms with van der Waals surface area (Å²) < 4.78 is 5.56. The first-order chi connectivity index (χ1) is 19.7. The molecule has 218 valence electrons. The molecular weight excluding hydrogens is 516 g/mol. The first-order valence-electron chi connectivity index (χ1n) is 14.9. The Balaban J connectivity index is 1.23. The Labute approximate surface area is 242 Å². The van der Waals surface area contributed by atoms with E-state index in [4.69, 9.17) is 9.72 Å². The number of pyridine rings is 2. The van der Waals surface area contributed by atoms with E-state index in [0.29, 0.717) is 25.2 Å². The number of likely N-dealkylation sites (tertiary alicyclic amines) is 2. The van der Waals surface area contributed by atoms with Gasteiger partial charge in [0.1, 0.15) is 5.60 Å². The lowest BCUT2D eigenvalue weighted by atomic mass is 10.1. The van der Waals surface area contributed by atoms with Crippen LogP contribution < -0.4 is 10.6 Å². The third-order valence-electron chi connectivity index (χ3n) is 7.64. The van der Waals surface area contributed by atoms with Gasteiger partial charge in [-0.3, -0.25) is 9.78 Å². The smallest absolute Gasteiger partial charge is 0.410 e. The summed E-state index contributed by atoms with van der Waals surface area (Å²) in [6.45, 7) is 10.9. The van der Waals surface area contributed by atoms with E-state index in [2.05, 4.69) is 20.5 Å². The van der Waals surface area contributed by atoms with Gasteiger partial charge in [0.05, 0.1) is 11.2 Å². The molecule has 2 aliphatic rings. The van der Waals surface area contributed by atoms with E-state index in [9.17, 15) is 9.59 Å². The fraction of sp³-hybridized carbons (Fsp3) is 0.500. The number of aromatic nitrogens is 2. The topological polar surface area (TPSA) is 99.7 Å². The lowest BCUT2D eigenvalue weighted by molar-refractivity contribution is 0.0293. The minimum atomic E-state index is -0.520. The lowest BCUT2D eigenvalue weighted by Crippen LogP contribution is -2.36. The van der Waals surface area contributed by atoms with Crippen LogP contribution in [0.15, 0.2) is 48.8 Å². The van der Waals surface area contributed by atoms with Crippen LogP contribution in [0.2, 0.25) is 0 Å². The summed E-state index contributed by atoms with van der Waals surface area (Å²) in [5, 5.41) is 7.61. The van der Waals surface area contributed by atoms with Crippen molar-refractivity contribution in [3.63, 3.8) is 0 Å². The first-order valence-corrected chi connectivity index (χ1v) is 14.9. The van der Waals surface area contributed by atoms with Crippen molar-refractivity contribution in [3.05, 3.63) is 54.4 Å². The van der Waals surface area contributed by atoms with Crippen LogP contribution in [-0.2, 0) is 4.74 Å². The zero-order valence-corrected chi connectivity index (χ0v) is 24.5. The standard InChI is InChI=1S/C32H42N6O3/c1-32(2,3)41-31(40)38-19-13-25(22-38)35-29-20-28(36-27-12-15-33-21-26(27)29)23-8-10-24(11-9-23)30(39)34-14-7-18-37-16-5-4-6-17-37/h8-12,15,20-21,25H,4-7,13-14,16-19,22H2,1-3H3,(H,34,39)(H,35,36). The summed E-state index contributed by atoms with van der Waals surface area (Å²) in [6, 6.07) is 11.6. The molecule has 2 saturated heterocycles. The molecule has 1 aromatic carbocycles. The van der Waals surface area contributed by atoms with Crippen LogP contribution in [0.1, 0.15) is 63.2 Å². The van der Waals surface area contributed by atoms with Crippen LogP contribution in [0.5, 0.6) is 0 Å². The van der Waals surface area contributed by atoms with E-state index in [-0.39, 0.29) is 18.0 Å². The molecule has 0 saturated carbocycles. The van der Waals surface area contributed by atoms with Gasteiger partial charge in [0, 0.05) is 60.3 Å². The van der Waals surface area contributed by atoms with Crippen molar-refractivity contribution in [2.75, 3.05) is 44.6 Å². The first kappa shape index (κ1) is 28.8. The largest absolute Gasteiger partial charge is 0.444 e. The maximum absolute atomic E-state index is 12.7. The monoisotopic (exact) mass is 558 g/mol. The molecule has 41 heavy (non-hydrogen) atoms. The molecule has 1 unspecified atom stereocenters. The number of carbonyl (C=O) groups excluding carboxylic acids is 2. The number of hydrogen-bond acceptors (Lipinski definition) is 7. The van der Waals surface area contributed by atoms with Crippen LogP contribution in [0.3, 0.4) is 0 Å². The molecule has 9 heteroatoms. The zero-order valence-electron chi connectivity index (χ0n) is 24.5. The summed E-state index contributed by atoms with van der Waals surface area (Å²) >= 11 is 0. The highest BCUT2D eigenvalue weighted by molar-refractivity contribution is 5.95. The van der Waals surface area contributed by atoms with E-state index in [1.807, 2.05) is 63.4 Å². The van der Waals surface area contributed by atoms with Crippen molar-refractivity contribution in [1.29, 1.82) is 0 Å². The number of fused-ring (bicyclic) bond motifs is 1. The van der Waals surface area contributed by atoms with Gasteiger partial charge in [-0.2, -0.15) is 0 Å². The van der Waals surface area contributed by atoms with E-state index in [1.54, 1.807) is 11.1 Å². The molecular formula is C32H42N6O3. The third-order valence-corrected chi connectivity index (χ3v) is 7.64. The van der Waals surface area contributed by atoms with Crippen LogP contribution in [0, 0.1) is 0 Å². The Hall–Kier alpha value is -3.72. The second-order valence-electron chi connectivity index (χ2n) is 12.1. The molecule has 0 aliphatic carbocycles. The Morgan fingerprint density at radius 3 is 2.59 bits per heavy atom. The number of hydrogen-bond donors (Lipinski definition) is 2. The molecule has 3 aromatic rings. The van der Waals surface area contributed by atoms with Crippen molar-refractivity contribution in [3.8, 4) is 11.3 Å². The molecule has 9 nitrogen and oxygen atoms in total. The van der Waals surface area contributed by atoms with Crippen molar-refractivity contribution in [1.82, 2.24) is 25.1 Å². The van der Waals surface area contributed by atoms with Gasteiger partial charge in [-0.1, -0.05) is 18.6 Å².